The molecule has 1 aliphatic rings. The van der Waals surface area contributed by atoms with Crippen molar-refractivity contribution in [3.63, 3.8) is 0 Å². The maximum Gasteiger partial charge on any atom is 0.240 e. The Balaban J connectivity index is 1.63. The van der Waals surface area contributed by atoms with E-state index < -0.39 is 5.25 Å². The molecule has 2 aromatic rings. The Bertz CT molecular complexity index is 911. The van der Waals surface area contributed by atoms with Gasteiger partial charge in [0.05, 0.1) is 12.8 Å². The quantitative estimate of drug-likeness (QED) is 0.827. The third kappa shape index (κ3) is 4.89. The van der Waals surface area contributed by atoms with Gasteiger partial charge in [0.15, 0.2) is 5.17 Å². The molecule has 1 saturated heterocycles. The molecule has 2 aromatic carbocycles. The van der Waals surface area contributed by atoms with E-state index in [1.165, 1.54) is 11.8 Å². The van der Waals surface area contributed by atoms with Crippen molar-refractivity contribution in [2.75, 3.05) is 12.4 Å². The molecule has 0 aliphatic carbocycles. The molecule has 0 bridgehead atoms. The minimum atomic E-state index is -0.500. The molecule has 0 radical (unpaired) electrons. The molecule has 1 aliphatic heterocycles. The van der Waals surface area contributed by atoms with E-state index in [1.54, 1.807) is 13.2 Å². The molecule has 0 spiro atoms. The molecule has 0 saturated carbocycles. The van der Waals surface area contributed by atoms with Gasteiger partial charge in [0.25, 0.3) is 0 Å². The first-order valence-corrected chi connectivity index (χ1v) is 9.40. The predicted octanol–water partition coefficient (Wildman–Crippen LogP) is 3.56. The average molecular weight is 383 g/mol. The molecule has 1 fully saturated rings. The minimum absolute atomic E-state index is 0.0843. The molecule has 140 valence electrons. The topological polar surface area (TPSA) is 79.8 Å². The van der Waals surface area contributed by atoms with Gasteiger partial charge in [0.1, 0.15) is 11.0 Å². The highest BCUT2D eigenvalue weighted by Gasteiger charge is 2.32. The summed E-state index contributed by atoms with van der Waals surface area (Å²) in [6.07, 6.45) is 0.0843. The van der Waals surface area contributed by atoms with Crippen molar-refractivity contribution in [3.05, 3.63) is 53.6 Å². The maximum absolute atomic E-state index is 12.3. The normalized spacial score (nSPS) is 17.7. The van der Waals surface area contributed by atoms with Crippen LogP contribution in [0.2, 0.25) is 0 Å². The summed E-state index contributed by atoms with van der Waals surface area (Å²) >= 11 is 1.26. The van der Waals surface area contributed by atoms with Gasteiger partial charge in [-0.2, -0.15) is 0 Å². The number of aliphatic imine (C=N–C) groups is 1. The first kappa shape index (κ1) is 19.0. The van der Waals surface area contributed by atoms with Crippen molar-refractivity contribution >= 4 is 40.1 Å². The number of nitrogens with zero attached hydrogens (tertiary/aromatic N) is 1. The van der Waals surface area contributed by atoms with Gasteiger partial charge in [0.2, 0.25) is 11.8 Å². The molecule has 1 atom stereocenters. The molecule has 2 amide bonds. The lowest BCUT2D eigenvalue weighted by Crippen LogP contribution is -2.28. The van der Waals surface area contributed by atoms with E-state index in [1.807, 2.05) is 50.2 Å². The van der Waals surface area contributed by atoms with E-state index in [4.69, 9.17) is 4.74 Å². The second-order valence-electron chi connectivity index (χ2n) is 6.28. The van der Waals surface area contributed by atoms with Gasteiger partial charge in [-0.1, -0.05) is 35.5 Å². The third-order valence-electron chi connectivity index (χ3n) is 4.09. The number of amidine groups is 1. The fourth-order valence-corrected chi connectivity index (χ4v) is 3.70. The Morgan fingerprint density at radius 2 is 2.07 bits per heavy atom. The standard InChI is InChI=1S/C20H21N3O3S/c1-12-7-8-16(13(2)9-12)22-18(24)11-17-19(25)23-20(27-17)21-14-5-4-6-15(10-14)26-3/h4-10,17H,11H2,1-3H3,(H,22,24)(H,21,23,25)/t17-/m0/s1. The summed E-state index contributed by atoms with van der Waals surface area (Å²) in [6, 6.07) is 13.1. The van der Waals surface area contributed by atoms with E-state index in [0.29, 0.717) is 16.6 Å². The van der Waals surface area contributed by atoms with Gasteiger partial charge < -0.3 is 15.4 Å². The van der Waals surface area contributed by atoms with Gasteiger partial charge in [-0.25, -0.2) is 4.99 Å². The number of ether oxygens (including phenoxy) is 1. The largest absolute Gasteiger partial charge is 0.497 e. The number of aryl methyl sites for hydroxylation is 2. The molecular weight excluding hydrogens is 362 g/mol. The molecular formula is C20H21N3O3S. The number of anilines is 1. The number of carbonyl (C=O) groups excluding carboxylic acids is 2. The Morgan fingerprint density at radius 3 is 2.81 bits per heavy atom. The van der Waals surface area contributed by atoms with Crippen LogP contribution in [0.5, 0.6) is 5.75 Å². The minimum Gasteiger partial charge on any atom is -0.497 e. The second-order valence-corrected chi connectivity index (χ2v) is 7.48. The summed E-state index contributed by atoms with van der Waals surface area (Å²) in [5, 5.41) is 5.59. The number of methoxy groups -OCH3 is 1. The zero-order valence-corrected chi connectivity index (χ0v) is 16.2. The SMILES string of the molecule is COc1cccc(N=C2NC(=O)[C@H](CC(=O)Nc3ccc(C)cc3C)S2)c1. The van der Waals surface area contributed by atoms with Crippen LogP contribution in [0.25, 0.3) is 0 Å². The number of amides is 2. The average Bonchev–Trinajstić information content (AvgIpc) is 2.96. The number of hydrogen-bond acceptors (Lipinski definition) is 5. The highest BCUT2D eigenvalue weighted by atomic mass is 32.2. The fraction of sp³-hybridized carbons (Fsp3) is 0.250. The van der Waals surface area contributed by atoms with Gasteiger partial charge in [0, 0.05) is 18.2 Å². The molecule has 0 aromatic heterocycles. The van der Waals surface area contributed by atoms with Crippen molar-refractivity contribution in [1.82, 2.24) is 5.32 Å². The van der Waals surface area contributed by atoms with Crippen molar-refractivity contribution < 1.29 is 14.3 Å². The summed E-state index contributed by atoms with van der Waals surface area (Å²) < 4.78 is 5.17. The molecule has 0 unspecified atom stereocenters. The summed E-state index contributed by atoms with van der Waals surface area (Å²) in [5.74, 6) is 0.283. The van der Waals surface area contributed by atoms with Gasteiger partial charge in [-0.3, -0.25) is 9.59 Å². The Labute approximate surface area is 162 Å². The van der Waals surface area contributed by atoms with Crippen LogP contribution in [0.15, 0.2) is 47.5 Å². The first-order valence-electron chi connectivity index (χ1n) is 8.52. The van der Waals surface area contributed by atoms with Crippen LogP contribution < -0.4 is 15.4 Å². The van der Waals surface area contributed by atoms with Crippen molar-refractivity contribution in [2.24, 2.45) is 4.99 Å². The number of hydrogen-bond donors (Lipinski definition) is 2. The van der Waals surface area contributed by atoms with Crippen LogP contribution >= 0.6 is 11.8 Å². The van der Waals surface area contributed by atoms with E-state index in [9.17, 15) is 9.59 Å². The third-order valence-corrected chi connectivity index (χ3v) is 5.17. The molecule has 6 nitrogen and oxygen atoms in total. The van der Waals surface area contributed by atoms with Crippen molar-refractivity contribution in [1.29, 1.82) is 0 Å². The van der Waals surface area contributed by atoms with E-state index in [2.05, 4.69) is 15.6 Å². The lowest BCUT2D eigenvalue weighted by Gasteiger charge is -2.10. The lowest BCUT2D eigenvalue weighted by molar-refractivity contribution is -0.122. The van der Waals surface area contributed by atoms with E-state index in [0.717, 1.165) is 16.8 Å². The Morgan fingerprint density at radius 1 is 1.26 bits per heavy atom. The molecule has 27 heavy (non-hydrogen) atoms. The van der Waals surface area contributed by atoms with Crippen LogP contribution in [0.4, 0.5) is 11.4 Å². The molecule has 7 heteroatoms. The zero-order valence-electron chi connectivity index (χ0n) is 15.4. The molecule has 1 heterocycles. The number of carbonyl (C=O) groups is 2. The maximum atomic E-state index is 12.3. The van der Waals surface area contributed by atoms with E-state index in [-0.39, 0.29) is 18.2 Å². The van der Waals surface area contributed by atoms with E-state index >= 15 is 0 Å². The van der Waals surface area contributed by atoms with Crippen molar-refractivity contribution in [2.45, 2.75) is 25.5 Å². The van der Waals surface area contributed by atoms with Gasteiger partial charge >= 0.3 is 0 Å². The summed E-state index contributed by atoms with van der Waals surface area (Å²) in [5.41, 5.74) is 3.57. The van der Waals surface area contributed by atoms with Crippen LogP contribution in [0.3, 0.4) is 0 Å². The lowest BCUT2D eigenvalue weighted by atomic mass is 10.1. The first-order chi connectivity index (χ1) is 12.9. The van der Waals surface area contributed by atoms with Crippen LogP contribution in [0, 0.1) is 13.8 Å². The smallest absolute Gasteiger partial charge is 0.240 e. The van der Waals surface area contributed by atoms with Gasteiger partial charge in [-0.15, -0.1) is 0 Å². The molecule has 3 rings (SSSR count). The highest BCUT2D eigenvalue weighted by molar-refractivity contribution is 8.15. The second kappa shape index (κ2) is 8.26. The number of thioether (sulfide) groups is 1. The Kier molecular flexibility index (Phi) is 5.81. The predicted molar refractivity (Wildman–Crippen MR) is 109 cm³/mol. The summed E-state index contributed by atoms with van der Waals surface area (Å²) in [6.45, 7) is 3.94. The summed E-state index contributed by atoms with van der Waals surface area (Å²) in [4.78, 5) is 28.9. The number of nitrogens with one attached hydrogen (secondary N) is 2. The Hall–Kier alpha value is -2.80. The number of rotatable bonds is 5. The van der Waals surface area contributed by atoms with Crippen LogP contribution in [0.1, 0.15) is 17.5 Å². The highest BCUT2D eigenvalue weighted by Crippen LogP contribution is 2.27. The fourth-order valence-electron chi connectivity index (χ4n) is 2.71. The van der Waals surface area contributed by atoms with Gasteiger partial charge in [-0.05, 0) is 37.6 Å². The summed E-state index contributed by atoms with van der Waals surface area (Å²) in [7, 11) is 1.59. The van der Waals surface area contributed by atoms with Crippen LogP contribution in [-0.4, -0.2) is 29.3 Å². The molecule has 2 N–H and O–H groups in total. The van der Waals surface area contributed by atoms with Crippen molar-refractivity contribution in [3.8, 4) is 5.75 Å². The monoisotopic (exact) mass is 383 g/mol. The number of benzene rings is 2. The van der Waals surface area contributed by atoms with Crippen LogP contribution in [-0.2, 0) is 9.59 Å². The zero-order chi connectivity index (χ0) is 19.4.